The van der Waals surface area contributed by atoms with Crippen LogP contribution in [-0.2, 0) is 14.8 Å². The summed E-state index contributed by atoms with van der Waals surface area (Å²) < 4.78 is 37.3. The lowest BCUT2D eigenvalue weighted by Gasteiger charge is -2.38. The van der Waals surface area contributed by atoms with Crippen molar-refractivity contribution in [3.05, 3.63) is 11.8 Å². The molecular weight excluding hydrogens is 282 g/mol. The van der Waals surface area contributed by atoms with Gasteiger partial charge in [-0.2, -0.15) is 4.31 Å². The smallest absolute Gasteiger partial charge is 0.221 e. The number of hydrogen-bond donors (Lipinski definition) is 0. The van der Waals surface area contributed by atoms with E-state index in [1.54, 1.807) is 18.2 Å². The van der Waals surface area contributed by atoms with Crippen LogP contribution in [0.5, 0.6) is 0 Å². The first kappa shape index (κ1) is 14.0. The Balaban J connectivity index is 1.89. The molecule has 20 heavy (non-hydrogen) atoms. The molecule has 0 unspecified atom stereocenters. The van der Waals surface area contributed by atoms with E-state index in [1.807, 2.05) is 0 Å². The van der Waals surface area contributed by atoms with Crippen LogP contribution in [0.3, 0.4) is 0 Å². The monoisotopic (exact) mass is 301 g/mol. The van der Waals surface area contributed by atoms with Crippen molar-refractivity contribution < 1.29 is 17.6 Å². The summed E-state index contributed by atoms with van der Waals surface area (Å²) in [6, 6.07) is -0.0415. The lowest BCUT2D eigenvalue weighted by atomic mass is 9.92. The summed E-state index contributed by atoms with van der Waals surface area (Å²) in [5.74, 6) is 1.02. The van der Waals surface area contributed by atoms with Crippen molar-refractivity contribution in [3.8, 4) is 0 Å². The SMILES string of the molecule is CCS(=O)(=O)N1C[C@@H](c2nnc(C)o2)C[C@H]2OCC[C@H]21. The maximum atomic E-state index is 12.3. The largest absolute Gasteiger partial charge is 0.425 e. The summed E-state index contributed by atoms with van der Waals surface area (Å²) in [6.07, 6.45) is 1.43. The maximum Gasteiger partial charge on any atom is 0.221 e. The molecule has 0 bridgehead atoms. The fourth-order valence-electron chi connectivity index (χ4n) is 3.04. The van der Waals surface area contributed by atoms with Gasteiger partial charge in [-0.1, -0.05) is 0 Å². The minimum Gasteiger partial charge on any atom is -0.425 e. The second-order valence-electron chi connectivity index (χ2n) is 5.33. The van der Waals surface area contributed by atoms with Crippen molar-refractivity contribution in [3.63, 3.8) is 0 Å². The molecule has 0 saturated carbocycles. The molecule has 7 nitrogen and oxygen atoms in total. The molecule has 1 aromatic rings. The Labute approximate surface area is 118 Å². The highest BCUT2D eigenvalue weighted by Gasteiger charge is 2.46. The van der Waals surface area contributed by atoms with Crippen LogP contribution in [0.4, 0.5) is 0 Å². The van der Waals surface area contributed by atoms with E-state index in [0.717, 1.165) is 12.8 Å². The minimum absolute atomic E-state index is 0.0415. The number of aryl methyl sites for hydroxylation is 1. The first-order valence-electron chi connectivity index (χ1n) is 6.92. The van der Waals surface area contributed by atoms with Crippen LogP contribution >= 0.6 is 0 Å². The summed E-state index contributed by atoms with van der Waals surface area (Å²) in [5, 5.41) is 7.86. The van der Waals surface area contributed by atoms with Gasteiger partial charge in [0.05, 0.1) is 23.8 Å². The van der Waals surface area contributed by atoms with Gasteiger partial charge in [-0.3, -0.25) is 0 Å². The maximum absolute atomic E-state index is 12.3. The summed E-state index contributed by atoms with van der Waals surface area (Å²) in [6.45, 7) is 4.42. The summed E-state index contributed by atoms with van der Waals surface area (Å²) >= 11 is 0. The van der Waals surface area contributed by atoms with E-state index >= 15 is 0 Å². The number of fused-ring (bicyclic) bond motifs is 1. The number of nitrogens with zero attached hydrogens (tertiary/aromatic N) is 3. The molecule has 3 atom stereocenters. The van der Waals surface area contributed by atoms with Gasteiger partial charge in [-0.25, -0.2) is 8.42 Å². The van der Waals surface area contributed by atoms with Gasteiger partial charge in [-0.05, 0) is 19.8 Å². The Kier molecular flexibility index (Phi) is 3.55. The van der Waals surface area contributed by atoms with Gasteiger partial charge in [0.1, 0.15) is 0 Å². The summed E-state index contributed by atoms with van der Waals surface area (Å²) in [5.41, 5.74) is 0. The zero-order valence-corrected chi connectivity index (χ0v) is 12.5. The third kappa shape index (κ3) is 2.36. The van der Waals surface area contributed by atoms with E-state index in [1.165, 1.54) is 0 Å². The molecule has 2 aliphatic heterocycles. The molecule has 8 heteroatoms. The molecule has 0 aromatic carbocycles. The van der Waals surface area contributed by atoms with Crippen molar-refractivity contribution >= 4 is 10.0 Å². The van der Waals surface area contributed by atoms with Gasteiger partial charge in [0.15, 0.2) is 0 Å². The Morgan fingerprint density at radius 2 is 2.20 bits per heavy atom. The Hall–Kier alpha value is -0.990. The number of hydrogen-bond acceptors (Lipinski definition) is 6. The molecule has 112 valence electrons. The van der Waals surface area contributed by atoms with E-state index in [4.69, 9.17) is 9.15 Å². The third-order valence-corrected chi connectivity index (χ3v) is 5.94. The lowest BCUT2D eigenvalue weighted by Crippen LogP contribution is -2.51. The lowest BCUT2D eigenvalue weighted by molar-refractivity contribution is 0.0427. The number of rotatable bonds is 3. The predicted molar refractivity (Wildman–Crippen MR) is 70.7 cm³/mol. The number of sulfonamides is 1. The Bertz CT molecular complexity index is 585. The molecule has 3 heterocycles. The molecule has 1 aromatic heterocycles. The second kappa shape index (κ2) is 5.09. The molecule has 0 aliphatic carbocycles. The molecule has 0 amide bonds. The first-order valence-corrected chi connectivity index (χ1v) is 8.53. The van der Waals surface area contributed by atoms with E-state index in [0.29, 0.717) is 24.9 Å². The molecule has 0 radical (unpaired) electrons. The highest BCUT2D eigenvalue weighted by Crippen LogP contribution is 2.37. The van der Waals surface area contributed by atoms with Gasteiger partial charge in [-0.15, -0.1) is 10.2 Å². The zero-order valence-electron chi connectivity index (χ0n) is 11.7. The molecule has 2 saturated heterocycles. The van der Waals surface area contributed by atoms with E-state index in [2.05, 4.69) is 10.2 Å². The third-order valence-electron chi connectivity index (χ3n) is 4.07. The van der Waals surface area contributed by atoms with Crippen molar-refractivity contribution in [2.75, 3.05) is 18.9 Å². The molecule has 2 fully saturated rings. The van der Waals surface area contributed by atoms with E-state index in [-0.39, 0.29) is 23.8 Å². The van der Waals surface area contributed by atoms with Crippen LogP contribution in [0.15, 0.2) is 4.42 Å². The number of piperidine rings is 1. The van der Waals surface area contributed by atoms with Crippen LogP contribution in [0, 0.1) is 6.92 Å². The van der Waals surface area contributed by atoms with Gasteiger partial charge >= 0.3 is 0 Å². The van der Waals surface area contributed by atoms with Crippen LogP contribution in [0.2, 0.25) is 0 Å². The van der Waals surface area contributed by atoms with Crippen LogP contribution in [0.25, 0.3) is 0 Å². The standard InChI is InChI=1S/C12H19N3O4S/c1-3-20(16,17)15-7-9(12-14-13-8(2)19-12)6-11-10(15)4-5-18-11/h9-11H,3-7H2,1-2H3/t9-,10+,11+/m0/s1. The minimum atomic E-state index is -3.25. The van der Waals surface area contributed by atoms with Gasteiger partial charge < -0.3 is 9.15 Å². The second-order valence-corrected chi connectivity index (χ2v) is 7.54. The fourth-order valence-corrected chi connectivity index (χ4v) is 4.43. The predicted octanol–water partition coefficient (Wildman–Crippen LogP) is 0.675. The molecule has 0 spiro atoms. The van der Waals surface area contributed by atoms with Gasteiger partial charge in [0, 0.05) is 20.1 Å². The molecule has 3 rings (SSSR count). The Morgan fingerprint density at radius 1 is 1.40 bits per heavy atom. The fraction of sp³-hybridized carbons (Fsp3) is 0.833. The van der Waals surface area contributed by atoms with E-state index < -0.39 is 10.0 Å². The molecule has 0 N–H and O–H groups in total. The van der Waals surface area contributed by atoms with Gasteiger partial charge in [0.25, 0.3) is 0 Å². The Morgan fingerprint density at radius 3 is 2.85 bits per heavy atom. The summed E-state index contributed by atoms with van der Waals surface area (Å²) in [4.78, 5) is 0. The van der Waals surface area contributed by atoms with Crippen LogP contribution < -0.4 is 0 Å². The summed E-state index contributed by atoms with van der Waals surface area (Å²) in [7, 11) is -3.25. The average molecular weight is 301 g/mol. The number of aromatic nitrogens is 2. The quantitative estimate of drug-likeness (QED) is 0.816. The first-order chi connectivity index (χ1) is 9.51. The van der Waals surface area contributed by atoms with Crippen LogP contribution in [0.1, 0.15) is 37.5 Å². The van der Waals surface area contributed by atoms with Gasteiger partial charge in [0.2, 0.25) is 21.8 Å². The zero-order chi connectivity index (χ0) is 14.3. The number of ether oxygens (including phenoxy) is 1. The normalized spacial score (nSPS) is 31.4. The highest BCUT2D eigenvalue weighted by molar-refractivity contribution is 7.89. The van der Waals surface area contributed by atoms with Crippen molar-refractivity contribution in [1.82, 2.24) is 14.5 Å². The van der Waals surface area contributed by atoms with Crippen molar-refractivity contribution in [2.45, 2.75) is 44.8 Å². The highest BCUT2D eigenvalue weighted by atomic mass is 32.2. The van der Waals surface area contributed by atoms with Crippen molar-refractivity contribution in [2.24, 2.45) is 0 Å². The van der Waals surface area contributed by atoms with Crippen molar-refractivity contribution in [1.29, 1.82) is 0 Å². The molecular formula is C12H19N3O4S. The molecule has 2 aliphatic rings. The van der Waals surface area contributed by atoms with E-state index in [9.17, 15) is 8.42 Å². The topological polar surface area (TPSA) is 85.5 Å². The van der Waals surface area contributed by atoms with Crippen LogP contribution in [-0.4, -0.2) is 54.0 Å². The average Bonchev–Trinajstić information content (AvgIpc) is 3.05.